The maximum Gasteiger partial charge on any atom is 0.335 e. The van der Waals surface area contributed by atoms with Crippen LogP contribution >= 0.6 is 0 Å². The van der Waals surface area contributed by atoms with Gasteiger partial charge in [0, 0.05) is 86.6 Å². The highest BCUT2D eigenvalue weighted by Crippen LogP contribution is 2.41. The molecule has 0 spiro atoms. The van der Waals surface area contributed by atoms with Crippen LogP contribution in [-0.2, 0) is 157 Å². The fourth-order valence-corrected chi connectivity index (χ4v) is 14.9. The number of ether oxygens (including phenoxy) is 27. The Morgan fingerprint density at radius 3 is 0.831 bits per heavy atom. The van der Waals surface area contributed by atoms with E-state index in [-0.39, 0.29) is 244 Å². The lowest BCUT2D eigenvalue weighted by Crippen LogP contribution is -2.63. The van der Waals surface area contributed by atoms with Gasteiger partial charge in [-0.3, -0.25) is 33.6 Å². The normalized spacial score (nSPS) is 24.7. The van der Waals surface area contributed by atoms with Gasteiger partial charge in [-0.25, -0.2) is 4.79 Å². The molecule has 43 nitrogen and oxygen atoms in total. The van der Waals surface area contributed by atoms with E-state index in [0.717, 1.165) is 0 Å². The maximum atomic E-state index is 14.4. The summed E-state index contributed by atoms with van der Waals surface area (Å²) in [6.45, 7) is 20.6. The van der Waals surface area contributed by atoms with E-state index in [1.165, 1.54) is 54.2 Å². The summed E-state index contributed by atoms with van der Waals surface area (Å²) < 4.78 is 159. The zero-order valence-corrected chi connectivity index (χ0v) is 77.0. The second-order valence-electron chi connectivity index (χ2n) is 32.6. The highest BCUT2D eigenvalue weighted by atomic mass is 16.8. The number of carbonyl (C=O) groups excluding carboxylic acids is 7. The van der Waals surface area contributed by atoms with Crippen LogP contribution in [0.15, 0.2) is 48.5 Å². The average molecular weight is 1860 g/mol. The van der Waals surface area contributed by atoms with Crippen molar-refractivity contribution in [1.29, 1.82) is 0 Å². The molecule has 43 heteroatoms. The quantitative estimate of drug-likeness (QED) is 0.0417. The first kappa shape index (κ1) is 108. The van der Waals surface area contributed by atoms with Gasteiger partial charge in [0.05, 0.1) is 204 Å². The van der Waals surface area contributed by atoms with Gasteiger partial charge in [0.25, 0.3) is 5.91 Å². The van der Waals surface area contributed by atoms with Gasteiger partial charge < -0.3 is 170 Å². The van der Waals surface area contributed by atoms with Crippen molar-refractivity contribution in [3.63, 3.8) is 0 Å². The Morgan fingerprint density at radius 2 is 0.577 bits per heavy atom. The molecule has 130 heavy (non-hydrogen) atoms. The first-order chi connectivity index (χ1) is 62.5. The summed E-state index contributed by atoms with van der Waals surface area (Å²) in [6, 6.07) is 11.2. The predicted octanol–water partition coefficient (Wildman–Crippen LogP) is 0.477. The van der Waals surface area contributed by atoms with Crippen molar-refractivity contribution >= 4 is 47.3 Å². The molecule has 6 aliphatic rings. The van der Waals surface area contributed by atoms with Crippen LogP contribution in [0.4, 0.5) is 0 Å². The number of benzene rings is 2. The molecule has 6 aliphatic heterocycles. The van der Waals surface area contributed by atoms with Gasteiger partial charge in [0.15, 0.2) is 36.2 Å². The van der Waals surface area contributed by atoms with E-state index in [1.807, 2.05) is 0 Å². The molecular weight excluding hydrogens is 1720 g/mol. The van der Waals surface area contributed by atoms with Crippen molar-refractivity contribution < 1.29 is 171 Å². The number of carboxylic acid groups (broad SMARTS) is 1. The standard InChI is InChI=1S/C87H139N7O36/c1-57(95)91-70-76-73(125-84(4,5)128-76)64(122-81(70)104-10)51-116-48-45-113-42-39-110-36-33-107-30-24-88-67(98)21-27-119-54-87(94-79(101)62-17-13-60(14-18-62)61-15-19-63(20-16-61)80(102)103,55-120-28-22-68(99)89-25-31-108-34-37-111-40-43-114-46-49-117-52-65-74-77(129-85(6,7)126-74)71(92-58(2)96)82(105-11)123-65)56-121-29-23-69(100)90-26-32-109-35-38-112-41-44-115-47-50-118-53-66-75-78(130-86(8,9)127-75)72(93-59(3)97)83(106-12)124-66/h13-20,64-66,70-78,81-83H,21-56H2,1-12H3,(H,88,98)(H,89,99)(H,90,100)(H,91,95)(H,92,96)(H,93,97)(H,94,101)(H,102,103)/t64-,65-,66-,70-,71-,72-,73+,74+,75+,76-,77-,78-,81-,82-,83-/m1/s1. The van der Waals surface area contributed by atoms with Crippen LogP contribution in [0.3, 0.4) is 0 Å². The number of carboxylic acids is 1. The van der Waals surface area contributed by atoms with Gasteiger partial charge in [0.1, 0.15) is 78.6 Å². The average Bonchev–Trinajstić information content (AvgIpc) is 1.62. The summed E-state index contributed by atoms with van der Waals surface area (Å²) in [5, 5.41) is 29.5. The number of hydrogen-bond donors (Lipinski definition) is 8. The molecule has 6 fully saturated rings. The minimum atomic E-state index is -1.49. The van der Waals surface area contributed by atoms with Crippen molar-refractivity contribution in [3.8, 4) is 11.1 Å². The molecule has 0 bridgehead atoms. The topological polar surface area (TPSA) is 490 Å². The fraction of sp³-hybridized carbons (Fsp3) is 0.770. The molecule has 2 aromatic carbocycles. The van der Waals surface area contributed by atoms with Crippen LogP contribution in [-0.4, -0.2) is 406 Å². The van der Waals surface area contributed by atoms with Crippen molar-refractivity contribution in [3.05, 3.63) is 59.7 Å². The predicted molar refractivity (Wildman–Crippen MR) is 455 cm³/mol. The molecule has 0 aromatic heterocycles. The second kappa shape index (κ2) is 57.8. The van der Waals surface area contributed by atoms with E-state index >= 15 is 0 Å². The van der Waals surface area contributed by atoms with Crippen molar-refractivity contribution in [2.75, 3.05) is 239 Å². The third-order valence-corrected chi connectivity index (χ3v) is 20.7. The molecule has 0 aliphatic carbocycles. The number of aromatic carboxylic acids is 1. The SMILES string of the molecule is CO[C@@H]1O[C@H](COCCOCCOCCOCCNC(=O)CCOCC(COCCC(=O)NCCOCCOCCOCCOC[C@H]2O[C@@H](OC)[C@H](NC(C)=O)[C@H]3OC(C)(C)O[C@H]32)(COCCC(=O)NCCOCCOCCOCCOC[C@H]2O[C@@H](OC)[C@H](NC(C)=O)[C@H]3OC(C)(C)O[C@H]32)NC(=O)c2ccc(-c3ccc(C(=O)O)cc3)cc2)[C@@H]2OC(C)(C)O[C@@H]2[C@H]1NC(C)=O. The zero-order chi connectivity index (χ0) is 93.7. The van der Waals surface area contributed by atoms with Crippen LogP contribution in [0.25, 0.3) is 11.1 Å². The summed E-state index contributed by atoms with van der Waals surface area (Å²) in [6.07, 6.45) is -7.20. The lowest BCUT2D eigenvalue weighted by molar-refractivity contribution is -0.245. The molecular formula is C87H139N7O36. The summed E-state index contributed by atoms with van der Waals surface area (Å²) >= 11 is 0. The number of rotatable bonds is 67. The fourth-order valence-electron chi connectivity index (χ4n) is 14.9. The Kier molecular flexibility index (Phi) is 48.2. The molecule has 8 rings (SSSR count). The molecule has 0 radical (unpaired) electrons. The number of methoxy groups -OCH3 is 3. The second-order valence-corrected chi connectivity index (χ2v) is 32.6. The number of carbonyl (C=O) groups is 8. The third-order valence-electron chi connectivity index (χ3n) is 20.7. The Bertz CT molecular complexity index is 3380. The van der Waals surface area contributed by atoms with Crippen LogP contribution in [0, 0.1) is 0 Å². The van der Waals surface area contributed by atoms with Crippen molar-refractivity contribution in [2.45, 2.75) is 196 Å². The Labute approximate surface area is 759 Å². The monoisotopic (exact) mass is 1860 g/mol. The van der Waals surface area contributed by atoms with Crippen LogP contribution in [0.5, 0.6) is 0 Å². The molecule has 6 saturated heterocycles. The van der Waals surface area contributed by atoms with Crippen LogP contribution < -0.4 is 37.2 Å². The molecule has 15 atom stereocenters. The Hall–Kier alpha value is -6.88. The van der Waals surface area contributed by atoms with E-state index < -0.39 is 127 Å². The lowest BCUT2D eigenvalue weighted by atomic mass is 9.97. The summed E-state index contributed by atoms with van der Waals surface area (Å²) in [5.41, 5.74) is 0.269. The van der Waals surface area contributed by atoms with Crippen LogP contribution in [0.1, 0.15) is 102 Å². The summed E-state index contributed by atoms with van der Waals surface area (Å²) in [5.74, 6) is -6.13. The molecule has 738 valence electrons. The highest BCUT2D eigenvalue weighted by molar-refractivity contribution is 5.95. The number of nitrogens with one attached hydrogen (secondary N) is 7. The number of hydrogen-bond acceptors (Lipinski definition) is 35. The summed E-state index contributed by atoms with van der Waals surface area (Å²) in [4.78, 5) is 101. The van der Waals surface area contributed by atoms with Gasteiger partial charge in [0.2, 0.25) is 35.4 Å². The van der Waals surface area contributed by atoms with Crippen LogP contribution in [0.2, 0.25) is 0 Å². The first-order valence-corrected chi connectivity index (χ1v) is 44.2. The van der Waals surface area contributed by atoms with E-state index in [1.54, 1.807) is 77.9 Å². The minimum Gasteiger partial charge on any atom is -0.478 e. The van der Waals surface area contributed by atoms with E-state index in [4.69, 9.17) is 128 Å². The Morgan fingerprint density at radius 1 is 0.331 bits per heavy atom. The molecule has 7 amide bonds. The van der Waals surface area contributed by atoms with Crippen molar-refractivity contribution in [1.82, 2.24) is 37.2 Å². The molecule has 8 N–H and O–H groups in total. The van der Waals surface area contributed by atoms with Gasteiger partial charge in [-0.05, 0) is 76.9 Å². The van der Waals surface area contributed by atoms with E-state index in [9.17, 15) is 43.5 Å². The molecule has 6 heterocycles. The number of amides is 7. The summed E-state index contributed by atoms with van der Waals surface area (Å²) in [7, 11) is 4.48. The lowest BCUT2D eigenvalue weighted by Gasteiger charge is -2.41. The van der Waals surface area contributed by atoms with Crippen molar-refractivity contribution in [2.24, 2.45) is 0 Å². The molecule has 0 unspecified atom stereocenters. The number of fused-ring (bicyclic) bond motifs is 3. The smallest absolute Gasteiger partial charge is 0.335 e. The van der Waals surface area contributed by atoms with Gasteiger partial charge in [-0.1, -0.05) is 24.3 Å². The Balaban J connectivity index is 0.739. The first-order valence-electron chi connectivity index (χ1n) is 44.2. The molecule has 2 aromatic rings. The minimum absolute atomic E-state index is 0.0884. The highest BCUT2D eigenvalue weighted by Gasteiger charge is 2.59. The zero-order valence-electron chi connectivity index (χ0n) is 77.0. The maximum absolute atomic E-state index is 14.4. The molecule has 0 saturated carbocycles. The van der Waals surface area contributed by atoms with Gasteiger partial charge in [-0.2, -0.15) is 0 Å². The van der Waals surface area contributed by atoms with E-state index in [0.29, 0.717) is 50.8 Å². The van der Waals surface area contributed by atoms with Gasteiger partial charge in [-0.15, -0.1) is 0 Å². The third kappa shape index (κ3) is 38.5. The van der Waals surface area contributed by atoms with E-state index in [2.05, 4.69) is 37.2 Å². The van der Waals surface area contributed by atoms with Gasteiger partial charge >= 0.3 is 5.97 Å². The largest absolute Gasteiger partial charge is 0.478 e.